The minimum absolute atomic E-state index is 0.0234. The SMILES string of the molecule is COC(=O)N[C@H](C(=O)Nc1ccccc1CC[C@@H]1CN[C@H](c2cn(C)c(=O)[nH]2)CO1)C(c1ccccc1)c1ccccc1. The number of imidazole rings is 1. The number of anilines is 1. The van der Waals surface area contributed by atoms with Crippen molar-refractivity contribution in [3.63, 3.8) is 0 Å². The van der Waals surface area contributed by atoms with Crippen molar-refractivity contribution in [3.8, 4) is 0 Å². The Balaban J connectivity index is 1.30. The number of ether oxygens (including phenoxy) is 2. The Morgan fingerprint density at radius 2 is 1.65 bits per heavy atom. The van der Waals surface area contributed by atoms with Crippen LogP contribution >= 0.6 is 0 Å². The highest BCUT2D eigenvalue weighted by molar-refractivity contribution is 5.98. The second-order valence-corrected chi connectivity index (χ2v) is 10.6. The fraction of sp³-hybridized carbons (Fsp3) is 0.303. The lowest BCUT2D eigenvalue weighted by atomic mass is 9.84. The normalized spacial score (nSPS) is 17.3. The molecule has 10 heteroatoms. The highest BCUT2D eigenvalue weighted by Crippen LogP contribution is 2.30. The molecule has 1 aliphatic heterocycles. The van der Waals surface area contributed by atoms with Crippen molar-refractivity contribution in [2.45, 2.75) is 36.9 Å². The van der Waals surface area contributed by atoms with E-state index >= 15 is 0 Å². The van der Waals surface area contributed by atoms with Gasteiger partial charge in [0.05, 0.1) is 31.6 Å². The number of aromatic nitrogens is 2. The molecule has 0 unspecified atom stereocenters. The number of morpholine rings is 1. The fourth-order valence-corrected chi connectivity index (χ4v) is 5.47. The molecule has 43 heavy (non-hydrogen) atoms. The Morgan fingerprint density at radius 1 is 1.00 bits per heavy atom. The Labute approximate surface area is 250 Å². The van der Waals surface area contributed by atoms with Gasteiger partial charge in [0.15, 0.2) is 0 Å². The first-order valence-electron chi connectivity index (χ1n) is 14.4. The second-order valence-electron chi connectivity index (χ2n) is 10.6. The third-order valence-corrected chi connectivity index (χ3v) is 7.77. The van der Waals surface area contributed by atoms with Crippen LogP contribution in [0, 0.1) is 0 Å². The molecule has 5 rings (SSSR count). The minimum Gasteiger partial charge on any atom is -0.453 e. The number of methoxy groups -OCH3 is 1. The van der Waals surface area contributed by atoms with E-state index in [0.29, 0.717) is 25.3 Å². The van der Waals surface area contributed by atoms with Crippen LogP contribution in [0.15, 0.2) is 95.9 Å². The zero-order valence-corrected chi connectivity index (χ0v) is 24.3. The molecule has 1 fully saturated rings. The van der Waals surface area contributed by atoms with Crippen LogP contribution in [0.25, 0.3) is 0 Å². The highest BCUT2D eigenvalue weighted by Gasteiger charge is 2.33. The third-order valence-electron chi connectivity index (χ3n) is 7.77. The van der Waals surface area contributed by atoms with E-state index in [1.165, 1.54) is 11.7 Å². The van der Waals surface area contributed by atoms with Crippen LogP contribution in [0.1, 0.15) is 40.8 Å². The smallest absolute Gasteiger partial charge is 0.407 e. The first-order valence-corrected chi connectivity index (χ1v) is 14.4. The van der Waals surface area contributed by atoms with Gasteiger partial charge < -0.3 is 35.0 Å². The lowest BCUT2D eigenvalue weighted by Gasteiger charge is -2.30. The molecule has 1 saturated heterocycles. The van der Waals surface area contributed by atoms with Gasteiger partial charge in [0.2, 0.25) is 5.91 Å². The number of benzene rings is 3. The number of alkyl carbamates (subject to hydrolysis) is 1. The highest BCUT2D eigenvalue weighted by atomic mass is 16.5. The zero-order valence-electron chi connectivity index (χ0n) is 24.3. The summed E-state index contributed by atoms with van der Waals surface area (Å²) in [5, 5.41) is 9.33. The van der Waals surface area contributed by atoms with E-state index < -0.39 is 18.1 Å². The Kier molecular flexibility index (Phi) is 9.70. The summed E-state index contributed by atoms with van der Waals surface area (Å²) in [6, 6.07) is 25.9. The van der Waals surface area contributed by atoms with Crippen LogP contribution in [-0.2, 0) is 27.7 Å². The molecule has 0 radical (unpaired) electrons. The average Bonchev–Trinajstić information content (AvgIpc) is 3.38. The molecule has 1 aliphatic rings. The van der Waals surface area contributed by atoms with E-state index in [2.05, 4.69) is 20.9 Å². The van der Waals surface area contributed by atoms with Gasteiger partial charge in [0.1, 0.15) is 6.04 Å². The summed E-state index contributed by atoms with van der Waals surface area (Å²) in [4.78, 5) is 41.1. The van der Waals surface area contributed by atoms with Crippen LogP contribution < -0.4 is 21.6 Å². The van der Waals surface area contributed by atoms with Gasteiger partial charge in [0, 0.05) is 31.4 Å². The van der Waals surface area contributed by atoms with Crippen LogP contribution in [0.2, 0.25) is 0 Å². The van der Waals surface area contributed by atoms with E-state index in [1.54, 1.807) is 13.2 Å². The topological polar surface area (TPSA) is 126 Å². The Bertz CT molecular complexity index is 1520. The van der Waals surface area contributed by atoms with Gasteiger partial charge in [-0.1, -0.05) is 78.9 Å². The second kappa shape index (κ2) is 14.0. The number of nitrogens with zero attached hydrogens (tertiary/aromatic N) is 1. The lowest BCUT2D eigenvalue weighted by molar-refractivity contribution is -0.118. The van der Waals surface area contributed by atoms with Crippen LogP contribution in [0.3, 0.4) is 0 Å². The van der Waals surface area contributed by atoms with Crippen molar-refractivity contribution >= 4 is 17.7 Å². The molecule has 2 amide bonds. The van der Waals surface area contributed by atoms with E-state index in [4.69, 9.17) is 9.47 Å². The number of amides is 2. The Morgan fingerprint density at radius 3 is 2.23 bits per heavy atom. The van der Waals surface area contributed by atoms with Crippen LogP contribution in [0.4, 0.5) is 10.5 Å². The van der Waals surface area contributed by atoms with Gasteiger partial charge in [-0.2, -0.15) is 0 Å². The number of H-pyrrole nitrogens is 1. The fourth-order valence-electron chi connectivity index (χ4n) is 5.47. The molecule has 0 saturated carbocycles. The van der Waals surface area contributed by atoms with Crippen molar-refractivity contribution in [2.75, 3.05) is 25.6 Å². The van der Waals surface area contributed by atoms with Crippen molar-refractivity contribution in [1.82, 2.24) is 20.2 Å². The number of aryl methyl sites for hydroxylation is 2. The first-order chi connectivity index (χ1) is 20.9. The summed E-state index contributed by atoms with van der Waals surface area (Å²) < 4.78 is 12.5. The van der Waals surface area contributed by atoms with E-state index in [1.807, 2.05) is 84.9 Å². The molecule has 3 atom stereocenters. The molecule has 224 valence electrons. The molecule has 0 bridgehead atoms. The molecular formula is C33H37N5O5. The lowest BCUT2D eigenvalue weighted by Crippen LogP contribution is -2.48. The first kappa shape index (κ1) is 29.8. The van der Waals surface area contributed by atoms with Crippen LogP contribution in [-0.4, -0.2) is 54.0 Å². The Hall–Kier alpha value is -4.67. The number of hydrogen-bond donors (Lipinski definition) is 4. The molecule has 0 aliphatic carbocycles. The summed E-state index contributed by atoms with van der Waals surface area (Å²) in [6.45, 7) is 1.08. The summed E-state index contributed by atoms with van der Waals surface area (Å²) in [5.41, 5.74) is 4.06. The van der Waals surface area contributed by atoms with Crippen molar-refractivity contribution < 1.29 is 19.1 Å². The van der Waals surface area contributed by atoms with Gasteiger partial charge in [-0.25, -0.2) is 9.59 Å². The number of para-hydroxylation sites is 1. The minimum atomic E-state index is -0.947. The predicted molar refractivity (Wildman–Crippen MR) is 164 cm³/mol. The quantitative estimate of drug-likeness (QED) is 0.225. The van der Waals surface area contributed by atoms with Crippen molar-refractivity contribution in [1.29, 1.82) is 0 Å². The van der Waals surface area contributed by atoms with Gasteiger partial charge in [0.25, 0.3) is 0 Å². The number of nitrogens with one attached hydrogen (secondary N) is 4. The average molecular weight is 584 g/mol. The molecule has 2 heterocycles. The van der Waals surface area contributed by atoms with Gasteiger partial charge >= 0.3 is 11.8 Å². The van der Waals surface area contributed by atoms with Gasteiger partial charge in [-0.3, -0.25) is 4.79 Å². The number of carbonyl (C=O) groups excluding carboxylic acids is 2. The molecule has 4 aromatic rings. The number of rotatable bonds is 10. The number of hydrogen-bond acceptors (Lipinski definition) is 6. The van der Waals surface area contributed by atoms with Crippen LogP contribution in [0.5, 0.6) is 0 Å². The largest absolute Gasteiger partial charge is 0.453 e. The van der Waals surface area contributed by atoms with Crippen molar-refractivity contribution in [3.05, 3.63) is 124 Å². The zero-order chi connectivity index (χ0) is 30.2. The van der Waals surface area contributed by atoms with Crippen molar-refractivity contribution in [2.24, 2.45) is 7.05 Å². The summed E-state index contributed by atoms with van der Waals surface area (Å²) in [7, 11) is 2.99. The summed E-state index contributed by atoms with van der Waals surface area (Å²) in [5.74, 6) is -0.811. The molecule has 1 aromatic heterocycles. The van der Waals surface area contributed by atoms with E-state index in [-0.39, 0.29) is 23.7 Å². The number of aromatic amines is 1. The summed E-state index contributed by atoms with van der Waals surface area (Å²) >= 11 is 0. The predicted octanol–water partition coefficient (Wildman–Crippen LogP) is 3.87. The van der Waals surface area contributed by atoms with Gasteiger partial charge in [-0.15, -0.1) is 0 Å². The molecular weight excluding hydrogens is 546 g/mol. The molecule has 4 N–H and O–H groups in total. The standard InChI is InChI=1S/C33H37N5O5/c1-38-20-27(36-32(38)40)28-21-43-25(19-34-28)18-17-22-11-9-10-16-26(22)35-31(39)30(37-33(41)42-2)29(23-12-5-3-6-13-23)24-14-7-4-8-15-24/h3-16,20,25,28-30,34H,17-19,21H2,1-2H3,(H,35,39)(H,36,40)(H,37,41)/t25-,28+,30+/m1/s1. The summed E-state index contributed by atoms with van der Waals surface area (Å²) in [6.07, 6.45) is 2.48. The van der Waals surface area contributed by atoms with Gasteiger partial charge in [-0.05, 0) is 35.6 Å². The molecule has 3 aromatic carbocycles. The molecule has 0 spiro atoms. The maximum atomic E-state index is 14.0. The van der Waals surface area contributed by atoms with E-state index in [0.717, 1.165) is 28.8 Å². The third kappa shape index (κ3) is 7.40. The maximum absolute atomic E-state index is 14.0. The number of carbonyl (C=O) groups is 2. The maximum Gasteiger partial charge on any atom is 0.407 e. The monoisotopic (exact) mass is 583 g/mol. The van der Waals surface area contributed by atoms with E-state index in [9.17, 15) is 14.4 Å². The molecule has 10 nitrogen and oxygen atoms in total.